The molecule has 0 radical (unpaired) electrons. The Morgan fingerprint density at radius 3 is 2.61 bits per heavy atom. The monoisotopic (exact) mass is 331 g/mol. The minimum absolute atomic E-state index is 0.180. The van der Waals surface area contributed by atoms with E-state index < -0.39 is 5.91 Å². The molecule has 0 unspecified atom stereocenters. The van der Waals surface area contributed by atoms with E-state index in [-0.39, 0.29) is 24.8 Å². The fraction of sp³-hybridized carbons (Fsp3) is 0.188. The summed E-state index contributed by atoms with van der Waals surface area (Å²) in [5.74, 6) is -0.873. The number of amides is 3. The summed E-state index contributed by atoms with van der Waals surface area (Å²) >= 11 is 1.44. The maximum atomic E-state index is 11.8. The maximum Gasteiger partial charge on any atom is 0.252 e. The van der Waals surface area contributed by atoms with Crippen LogP contribution >= 0.6 is 11.3 Å². The summed E-state index contributed by atoms with van der Waals surface area (Å²) < 4.78 is 0. The van der Waals surface area contributed by atoms with Gasteiger partial charge in [0.1, 0.15) is 0 Å². The molecule has 6 nitrogen and oxygen atoms in total. The molecule has 1 aromatic carbocycles. The number of rotatable bonds is 7. The van der Waals surface area contributed by atoms with Crippen molar-refractivity contribution in [3.63, 3.8) is 0 Å². The van der Waals surface area contributed by atoms with Crippen LogP contribution in [0.25, 0.3) is 0 Å². The van der Waals surface area contributed by atoms with Crippen molar-refractivity contribution in [1.82, 2.24) is 10.6 Å². The minimum atomic E-state index is -0.505. The van der Waals surface area contributed by atoms with Gasteiger partial charge in [-0.05, 0) is 29.1 Å². The second kappa shape index (κ2) is 8.09. The average molecular weight is 331 g/mol. The van der Waals surface area contributed by atoms with Crippen molar-refractivity contribution in [2.75, 3.05) is 6.54 Å². The van der Waals surface area contributed by atoms with Crippen molar-refractivity contribution in [2.45, 2.75) is 13.0 Å². The Labute approximate surface area is 137 Å². The van der Waals surface area contributed by atoms with Gasteiger partial charge in [0.05, 0.1) is 0 Å². The summed E-state index contributed by atoms with van der Waals surface area (Å²) in [5.41, 5.74) is 6.99. The van der Waals surface area contributed by atoms with Crippen LogP contribution in [0.2, 0.25) is 0 Å². The maximum absolute atomic E-state index is 11.8. The highest BCUT2D eigenvalue weighted by atomic mass is 32.1. The van der Waals surface area contributed by atoms with Gasteiger partial charge in [-0.3, -0.25) is 14.4 Å². The molecule has 0 bridgehead atoms. The molecule has 0 aliphatic rings. The lowest BCUT2D eigenvalue weighted by molar-refractivity contribution is -0.121. The lowest BCUT2D eigenvalue weighted by Gasteiger charge is -2.07. The molecule has 23 heavy (non-hydrogen) atoms. The number of thiophene rings is 1. The lowest BCUT2D eigenvalue weighted by atomic mass is 10.1. The Kier molecular flexibility index (Phi) is 5.87. The first kappa shape index (κ1) is 16.7. The molecule has 2 rings (SSSR count). The van der Waals surface area contributed by atoms with Gasteiger partial charge in [-0.25, -0.2) is 0 Å². The van der Waals surface area contributed by atoms with Crippen LogP contribution in [0.1, 0.15) is 32.7 Å². The molecule has 0 atom stereocenters. The van der Waals surface area contributed by atoms with Crippen molar-refractivity contribution in [1.29, 1.82) is 0 Å². The summed E-state index contributed by atoms with van der Waals surface area (Å²) in [6.07, 6.45) is 0.186. The summed E-state index contributed by atoms with van der Waals surface area (Å²) in [6.45, 7) is 0.570. The zero-order valence-corrected chi connectivity index (χ0v) is 13.2. The Morgan fingerprint density at radius 1 is 1.09 bits per heavy atom. The molecule has 1 heterocycles. The molecule has 0 spiro atoms. The van der Waals surface area contributed by atoms with Gasteiger partial charge in [0.15, 0.2) is 0 Å². The zero-order valence-electron chi connectivity index (χ0n) is 12.4. The van der Waals surface area contributed by atoms with E-state index in [0.29, 0.717) is 17.7 Å². The van der Waals surface area contributed by atoms with Gasteiger partial charge in [0, 0.05) is 36.0 Å². The zero-order chi connectivity index (χ0) is 16.7. The Hall–Kier alpha value is -2.67. The summed E-state index contributed by atoms with van der Waals surface area (Å²) in [4.78, 5) is 34.5. The third-order valence-electron chi connectivity index (χ3n) is 3.12. The van der Waals surface area contributed by atoms with E-state index in [4.69, 9.17) is 5.73 Å². The first-order valence-corrected chi connectivity index (χ1v) is 7.96. The fourth-order valence-corrected chi connectivity index (χ4v) is 2.54. The van der Waals surface area contributed by atoms with E-state index in [1.807, 2.05) is 5.38 Å². The van der Waals surface area contributed by atoms with Crippen molar-refractivity contribution < 1.29 is 14.4 Å². The largest absolute Gasteiger partial charge is 0.366 e. The minimum Gasteiger partial charge on any atom is -0.366 e. The average Bonchev–Trinajstić information content (AvgIpc) is 3.07. The van der Waals surface area contributed by atoms with E-state index in [0.717, 1.165) is 5.56 Å². The molecule has 2 aromatic rings. The molecule has 0 aliphatic heterocycles. The van der Waals surface area contributed by atoms with Crippen molar-refractivity contribution in [3.8, 4) is 0 Å². The van der Waals surface area contributed by atoms with E-state index in [2.05, 4.69) is 10.6 Å². The van der Waals surface area contributed by atoms with Gasteiger partial charge in [0.25, 0.3) is 5.91 Å². The van der Waals surface area contributed by atoms with Gasteiger partial charge < -0.3 is 16.4 Å². The number of benzene rings is 1. The topological polar surface area (TPSA) is 101 Å². The van der Waals surface area contributed by atoms with Crippen LogP contribution in [0.5, 0.6) is 0 Å². The van der Waals surface area contributed by atoms with Crippen LogP contribution < -0.4 is 16.4 Å². The summed E-state index contributed by atoms with van der Waals surface area (Å²) in [7, 11) is 0. The Balaban J connectivity index is 1.72. The number of nitrogens with one attached hydrogen (secondary N) is 2. The molecule has 0 saturated heterocycles. The van der Waals surface area contributed by atoms with Gasteiger partial charge in [-0.15, -0.1) is 0 Å². The van der Waals surface area contributed by atoms with E-state index in [9.17, 15) is 14.4 Å². The number of hydrogen-bond donors (Lipinski definition) is 3. The van der Waals surface area contributed by atoms with Crippen LogP contribution in [-0.4, -0.2) is 24.3 Å². The number of carbonyl (C=O) groups is 3. The standard InChI is InChI=1S/C16H17N3O3S/c17-15(21)12-3-1-2-11(8-12)9-19-14(20)4-6-18-16(22)13-5-7-23-10-13/h1-3,5,7-8,10H,4,6,9H2,(H2,17,21)(H,18,22)(H,19,20). The number of carbonyl (C=O) groups excluding carboxylic acids is 3. The highest BCUT2D eigenvalue weighted by molar-refractivity contribution is 7.08. The third kappa shape index (κ3) is 5.23. The second-order valence-corrected chi connectivity index (χ2v) is 5.64. The van der Waals surface area contributed by atoms with Crippen LogP contribution in [-0.2, 0) is 11.3 Å². The molecule has 0 aliphatic carbocycles. The molecule has 0 saturated carbocycles. The predicted molar refractivity (Wildman–Crippen MR) is 88.1 cm³/mol. The third-order valence-corrected chi connectivity index (χ3v) is 3.81. The molecule has 3 amide bonds. The van der Waals surface area contributed by atoms with E-state index >= 15 is 0 Å². The van der Waals surface area contributed by atoms with Gasteiger partial charge >= 0.3 is 0 Å². The molecular formula is C16H17N3O3S. The van der Waals surface area contributed by atoms with Crippen LogP contribution in [0.15, 0.2) is 41.1 Å². The molecule has 7 heteroatoms. The van der Waals surface area contributed by atoms with Crippen LogP contribution in [0.4, 0.5) is 0 Å². The molecular weight excluding hydrogens is 314 g/mol. The number of nitrogens with two attached hydrogens (primary N) is 1. The number of primary amides is 1. The van der Waals surface area contributed by atoms with Crippen LogP contribution in [0.3, 0.4) is 0 Å². The Bertz CT molecular complexity index is 698. The van der Waals surface area contributed by atoms with Crippen molar-refractivity contribution >= 4 is 29.1 Å². The SMILES string of the molecule is NC(=O)c1cccc(CNC(=O)CCNC(=O)c2ccsc2)c1. The lowest BCUT2D eigenvalue weighted by Crippen LogP contribution is -2.30. The van der Waals surface area contributed by atoms with Crippen molar-refractivity contribution in [2.24, 2.45) is 5.73 Å². The fourth-order valence-electron chi connectivity index (χ4n) is 1.91. The predicted octanol–water partition coefficient (Wildman–Crippen LogP) is 1.28. The van der Waals surface area contributed by atoms with Gasteiger partial charge in [-0.2, -0.15) is 11.3 Å². The molecule has 4 N–H and O–H groups in total. The quantitative estimate of drug-likeness (QED) is 0.712. The van der Waals surface area contributed by atoms with Gasteiger partial charge in [-0.1, -0.05) is 12.1 Å². The molecule has 1 aromatic heterocycles. The van der Waals surface area contributed by atoms with Crippen molar-refractivity contribution in [3.05, 3.63) is 57.8 Å². The Morgan fingerprint density at radius 2 is 1.91 bits per heavy atom. The molecule has 120 valence electrons. The highest BCUT2D eigenvalue weighted by Gasteiger charge is 2.07. The first-order valence-electron chi connectivity index (χ1n) is 7.02. The second-order valence-electron chi connectivity index (χ2n) is 4.86. The molecule has 0 fully saturated rings. The first-order chi connectivity index (χ1) is 11.1. The van der Waals surface area contributed by atoms with Crippen LogP contribution in [0, 0.1) is 0 Å². The van der Waals surface area contributed by atoms with E-state index in [1.165, 1.54) is 11.3 Å². The summed E-state index contributed by atoms with van der Waals surface area (Å²) in [5, 5.41) is 8.99. The normalized spacial score (nSPS) is 10.1. The van der Waals surface area contributed by atoms with E-state index in [1.54, 1.807) is 35.7 Å². The smallest absolute Gasteiger partial charge is 0.252 e. The highest BCUT2D eigenvalue weighted by Crippen LogP contribution is 2.06. The summed E-state index contributed by atoms with van der Waals surface area (Å²) in [6, 6.07) is 8.49. The van der Waals surface area contributed by atoms with Gasteiger partial charge in [0.2, 0.25) is 11.8 Å². The number of hydrogen-bond acceptors (Lipinski definition) is 4.